The smallest absolute Gasteiger partial charge is 0.429 e. The van der Waals surface area contributed by atoms with E-state index in [-0.39, 0.29) is 5.56 Å². The van der Waals surface area contributed by atoms with Crippen LogP contribution in [0, 0.1) is 6.92 Å². The Morgan fingerprint density at radius 3 is 2.25 bits per heavy atom. The molecule has 20 heavy (non-hydrogen) atoms. The number of rotatable bonds is 2. The highest BCUT2D eigenvalue weighted by Crippen LogP contribution is 2.39. The number of carbonyl (C=O) groups is 1. The highest BCUT2D eigenvalue weighted by atomic mass is 19.4. The lowest BCUT2D eigenvalue weighted by Crippen LogP contribution is -2.25. The third-order valence-electron chi connectivity index (χ3n) is 3.04. The van der Waals surface area contributed by atoms with Crippen LogP contribution in [0.15, 0.2) is 36.4 Å². The first-order chi connectivity index (χ1) is 9.30. The van der Waals surface area contributed by atoms with Crippen molar-refractivity contribution in [1.29, 1.82) is 0 Å². The molecule has 0 aromatic heterocycles. The van der Waals surface area contributed by atoms with Crippen LogP contribution in [-0.4, -0.2) is 12.1 Å². The molecule has 5 heteroatoms. The summed E-state index contributed by atoms with van der Waals surface area (Å²) in [6, 6.07) is 9.72. The van der Waals surface area contributed by atoms with E-state index in [9.17, 15) is 18.0 Å². The van der Waals surface area contributed by atoms with Gasteiger partial charge in [0.1, 0.15) is 0 Å². The third-order valence-corrected chi connectivity index (χ3v) is 3.04. The molecule has 106 valence electrons. The lowest BCUT2D eigenvalue weighted by atomic mass is 9.97. The predicted molar refractivity (Wildman–Crippen MR) is 69.2 cm³/mol. The Morgan fingerprint density at radius 1 is 1.10 bits per heavy atom. The number of benzene rings is 2. The minimum atomic E-state index is -4.65. The van der Waals surface area contributed by atoms with E-state index >= 15 is 0 Å². The molecule has 0 bridgehead atoms. The largest absolute Gasteiger partial charge is 0.448 e. The summed E-state index contributed by atoms with van der Waals surface area (Å²) in [6.45, 7) is 2.79. The van der Waals surface area contributed by atoms with Crippen LogP contribution in [0.25, 0.3) is 10.8 Å². The van der Waals surface area contributed by atoms with Crippen LogP contribution in [-0.2, 0) is 9.53 Å². The Morgan fingerprint density at radius 2 is 1.70 bits per heavy atom. The zero-order valence-electron chi connectivity index (χ0n) is 11.0. The summed E-state index contributed by atoms with van der Waals surface area (Å²) in [6.07, 6.45) is -6.89. The van der Waals surface area contributed by atoms with Gasteiger partial charge in [0.15, 0.2) is 0 Å². The number of aryl methyl sites for hydroxylation is 1. The van der Waals surface area contributed by atoms with Crippen molar-refractivity contribution in [3.05, 3.63) is 47.5 Å². The molecule has 0 saturated heterocycles. The molecule has 0 radical (unpaired) electrons. The minimum absolute atomic E-state index is 0.0473. The number of fused-ring (bicyclic) bond motifs is 1. The Hall–Kier alpha value is -2.04. The second-order valence-electron chi connectivity index (χ2n) is 4.55. The Labute approximate surface area is 114 Å². The zero-order chi connectivity index (χ0) is 14.9. The molecule has 1 atom stereocenters. The van der Waals surface area contributed by atoms with Crippen molar-refractivity contribution < 1.29 is 22.7 Å². The maximum Gasteiger partial charge on any atom is 0.429 e. The van der Waals surface area contributed by atoms with Gasteiger partial charge in [0.2, 0.25) is 6.10 Å². The predicted octanol–water partition coefficient (Wildman–Crippen LogP) is 4.31. The molecule has 0 spiro atoms. The summed E-state index contributed by atoms with van der Waals surface area (Å²) in [4.78, 5) is 11.0. The third kappa shape index (κ3) is 2.76. The molecule has 2 rings (SSSR count). The van der Waals surface area contributed by atoms with Gasteiger partial charge in [-0.3, -0.25) is 4.79 Å². The van der Waals surface area contributed by atoms with Crippen molar-refractivity contribution in [3.8, 4) is 0 Å². The van der Waals surface area contributed by atoms with Crippen molar-refractivity contribution >= 4 is 16.7 Å². The summed E-state index contributed by atoms with van der Waals surface area (Å²) in [5, 5.41) is 1.16. The van der Waals surface area contributed by atoms with Gasteiger partial charge in [-0.15, -0.1) is 0 Å². The Kier molecular flexibility index (Phi) is 3.70. The first-order valence-corrected chi connectivity index (χ1v) is 6.03. The molecule has 0 N–H and O–H groups in total. The number of hydrogen-bond acceptors (Lipinski definition) is 2. The van der Waals surface area contributed by atoms with Crippen LogP contribution in [0.2, 0.25) is 0 Å². The van der Waals surface area contributed by atoms with Crippen LogP contribution in [0.3, 0.4) is 0 Å². The van der Waals surface area contributed by atoms with Crippen molar-refractivity contribution in [2.45, 2.75) is 26.1 Å². The lowest BCUT2D eigenvalue weighted by molar-refractivity contribution is -0.222. The van der Waals surface area contributed by atoms with E-state index in [1.165, 1.54) is 6.07 Å². The normalized spacial score (nSPS) is 13.2. The molecule has 0 aliphatic rings. The average Bonchev–Trinajstić information content (AvgIpc) is 2.36. The van der Waals surface area contributed by atoms with Crippen molar-refractivity contribution in [1.82, 2.24) is 0 Å². The standard InChI is InChI=1S/C15H13F3O2/c1-9-7-8-13(12-6-4-3-5-11(9)12)14(15(16,17)18)20-10(2)19/h3-8,14H,1-2H3/t14-/m0/s1. The average molecular weight is 282 g/mol. The maximum atomic E-state index is 13.1. The molecule has 0 unspecified atom stereocenters. The number of hydrogen-bond donors (Lipinski definition) is 0. The fraction of sp³-hybridized carbons (Fsp3) is 0.267. The van der Waals surface area contributed by atoms with E-state index in [4.69, 9.17) is 0 Å². The van der Waals surface area contributed by atoms with Crippen LogP contribution >= 0.6 is 0 Å². The summed E-state index contributed by atoms with van der Waals surface area (Å²) >= 11 is 0. The van der Waals surface area contributed by atoms with Gasteiger partial charge in [0.25, 0.3) is 0 Å². The van der Waals surface area contributed by atoms with Crippen LogP contribution < -0.4 is 0 Å². The topological polar surface area (TPSA) is 26.3 Å². The molecule has 0 fully saturated rings. The number of halogens is 3. The molecule has 2 nitrogen and oxygen atoms in total. The molecule has 0 amide bonds. The van der Waals surface area contributed by atoms with Gasteiger partial charge in [-0.05, 0) is 23.3 Å². The molecule has 0 aliphatic carbocycles. The Balaban J connectivity index is 2.65. The Bertz CT molecular complexity index is 647. The number of carbonyl (C=O) groups excluding carboxylic acids is 1. The van der Waals surface area contributed by atoms with E-state index in [0.717, 1.165) is 12.5 Å². The second kappa shape index (κ2) is 5.15. The summed E-state index contributed by atoms with van der Waals surface area (Å²) in [7, 11) is 0. The fourth-order valence-electron chi connectivity index (χ4n) is 2.17. The van der Waals surface area contributed by atoms with Gasteiger partial charge in [-0.2, -0.15) is 13.2 Å². The molecule has 0 aliphatic heterocycles. The SMILES string of the molecule is CC(=O)O[C@@H](c1ccc(C)c2ccccc12)C(F)(F)F. The highest BCUT2D eigenvalue weighted by molar-refractivity contribution is 5.89. The molecule has 0 heterocycles. The highest BCUT2D eigenvalue weighted by Gasteiger charge is 2.44. The summed E-state index contributed by atoms with van der Waals surface area (Å²) < 4.78 is 43.8. The minimum Gasteiger partial charge on any atom is -0.448 e. The second-order valence-corrected chi connectivity index (χ2v) is 4.55. The van der Waals surface area contributed by atoms with Crippen LogP contribution in [0.4, 0.5) is 13.2 Å². The first-order valence-electron chi connectivity index (χ1n) is 6.03. The summed E-state index contributed by atoms with van der Waals surface area (Å²) in [5.74, 6) is -0.961. The number of esters is 1. The summed E-state index contributed by atoms with van der Waals surface area (Å²) in [5.41, 5.74) is 0.821. The number of ether oxygens (including phenoxy) is 1. The van der Waals surface area contributed by atoms with Crippen molar-refractivity contribution in [2.24, 2.45) is 0 Å². The van der Waals surface area contributed by atoms with Gasteiger partial charge < -0.3 is 4.74 Å². The van der Waals surface area contributed by atoms with Gasteiger partial charge in [0, 0.05) is 12.5 Å². The van der Waals surface area contributed by atoms with Gasteiger partial charge in [-0.1, -0.05) is 36.4 Å². The van der Waals surface area contributed by atoms with Crippen LogP contribution in [0.5, 0.6) is 0 Å². The fourth-order valence-corrected chi connectivity index (χ4v) is 2.17. The van der Waals surface area contributed by atoms with Crippen molar-refractivity contribution in [2.75, 3.05) is 0 Å². The van der Waals surface area contributed by atoms with E-state index in [1.54, 1.807) is 30.3 Å². The maximum absolute atomic E-state index is 13.1. The van der Waals surface area contributed by atoms with E-state index in [2.05, 4.69) is 4.74 Å². The molecular formula is C15H13F3O2. The van der Waals surface area contributed by atoms with E-state index in [0.29, 0.717) is 10.8 Å². The van der Waals surface area contributed by atoms with Gasteiger partial charge in [0.05, 0.1) is 0 Å². The molecule has 2 aromatic rings. The zero-order valence-corrected chi connectivity index (χ0v) is 11.0. The quantitative estimate of drug-likeness (QED) is 0.767. The monoisotopic (exact) mass is 282 g/mol. The molecular weight excluding hydrogens is 269 g/mol. The van der Waals surface area contributed by atoms with Gasteiger partial charge in [-0.25, -0.2) is 0 Å². The van der Waals surface area contributed by atoms with Gasteiger partial charge >= 0.3 is 12.1 Å². The van der Waals surface area contributed by atoms with E-state index in [1.807, 2.05) is 6.92 Å². The number of alkyl halides is 3. The first kappa shape index (κ1) is 14.4. The van der Waals surface area contributed by atoms with Crippen LogP contribution in [0.1, 0.15) is 24.2 Å². The lowest BCUT2D eigenvalue weighted by Gasteiger charge is -2.22. The van der Waals surface area contributed by atoms with E-state index < -0.39 is 18.2 Å². The molecule has 2 aromatic carbocycles. The molecule has 0 saturated carbocycles. The van der Waals surface area contributed by atoms with Crippen molar-refractivity contribution in [3.63, 3.8) is 0 Å².